The molecule has 3 aromatic rings. The van der Waals surface area contributed by atoms with Crippen LogP contribution in [0.25, 0.3) is 11.3 Å². The number of nitrogens with zero attached hydrogens (tertiary/aromatic N) is 2. The number of nitrogens with one attached hydrogen (secondary N) is 1. The molecular weight excluding hydrogens is 407 g/mol. The van der Waals surface area contributed by atoms with E-state index in [1.165, 1.54) is 17.4 Å². The minimum atomic E-state index is -4.54. The number of benzene rings is 1. The van der Waals surface area contributed by atoms with Crippen molar-refractivity contribution >= 4 is 21.1 Å². The molecule has 0 aliphatic carbocycles. The summed E-state index contributed by atoms with van der Waals surface area (Å²) < 4.78 is 59.8. The number of aromatic nitrogens is 2. The molecule has 2 aromatic heterocycles. The predicted molar refractivity (Wildman–Crippen MR) is 104 cm³/mol. The molecule has 2 unspecified atom stereocenters. The second-order valence-corrected chi connectivity index (χ2v) is 10.2. The molecule has 1 N–H and O–H groups in total. The summed E-state index contributed by atoms with van der Waals surface area (Å²) >= 11 is 1.18. The molecule has 28 heavy (non-hydrogen) atoms. The first-order chi connectivity index (χ1) is 13.0. The molecule has 0 saturated heterocycles. The van der Waals surface area contributed by atoms with E-state index in [0.29, 0.717) is 11.3 Å². The first-order valence-electron chi connectivity index (χ1n) is 8.35. The quantitative estimate of drug-likeness (QED) is 0.557. The van der Waals surface area contributed by atoms with Crippen LogP contribution in [0.4, 0.5) is 13.2 Å². The number of halogens is 3. The lowest BCUT2D eigenvalue weighted by molar-refractivity contribution is -0.141. The van der Waals surface area contributed by atoms with Gasteiger partial charge in [0.25, 0.3) is 0 Å². The minimum absolute atomic E-state index is 0.160. The van der Waals surface area contributed by atoms with Crippen molar-refractivity contribution < 1.29 is 17.4 Å². The van der Waals surface area contributed by atoms with Gasteiger partial charge in [-0.2, -0.15) is 13.2 Å². The fourth-order valence-electron chi connectivity index (χ4n) is 2.64. The standard InChI is InChI=1S/C19H18F3N3OS2/c1-11-4-6-14(7-5-11)17-12(2)27-18(25-17)28(23,26)13(3)15-8-9-16(24-10-15)19(20,21)22/h4-10,13,23H,1-3H3. The molecule has 9 heteroatoms. The Morgan fingerprint density at radius 2 is 1.75 bits per heavy atom. The summed E-state index contributed by atoms with van der Waals surface area (Å²) in [4.78, 5) is 8.68. The third-order valence-electron chi connectivity index (χ3n) is 4.41. The summed E-state index contributed by atoms with van der Waals surface area (Å²) in [6.07, 6.45) is -3.51. The van der Waals surface area contributed by atoms with Crippen molar-refractivity contribution in [2.45, 2.75) is 36.5 Å². The van der Waals surface area contributed by atoms with E-state index in [1.807, 2.05) is 38.1 Å². The van der Waals surface area contributed by atoms with E-state index in [0.717, 1.165) is 28.3 Å². The van der Waals surface area contributed by atoms with Gasteiger partial charge in [0.2, 0.25) is 0 Å². The van der Waals surface area contributed by atoms with Crippen LogP contribution in [0.15, 0.2) is 46.9 Å². The number of hydrogen-bond donors (Lipinski definition) is 1. The smallest absolute Gasteiger partial charge is 0.251 e. The molecule has 3 rings (SSSR count). The molecule has 1 aromatic carbocycles. The molecule has 0 radical (unpaired) electrons. The number of thiazole rings is 1. The SMILES string of the molecule is Cc1ccc(-c2nc(S(=N)(=O)C(C)c3ccc(C(F)(F)F)nc3)sc2C)cc1. The highest BCUT2D eigenvalue weighted by Gasteiger charge is 2.33. The van der Waals surface area contributed by atoms with Gasteiger partial charge in [0.15, 0.2) is 4.34 Å². The zero-order valence-electron chi connectivity index (χ0n) is 15.4. The number of aryl methyl sites for hydroxylation is 2. The van der Waals surface area contributed by atoms with E-state index in [2.05, 4.69) is 9.97 Å². The maximum atomic E-state index is 13.2. The fraction of sp³-hybridized carbons (Fsp3) is 0.263. The van der Waals surface area contributed by atoms with Crippen molar-refractivity contribution in [2.24, 2.45) is 0 Å². The van der Waals surface area contributed by atoms with E-state index in [1.54, 1.807) is 6.92 Å². The van der Waals surface area contributed by atoms with Crippen molar-refractivity contribution in [3.8, 4) is 11.3 Å². The van der Waals surface area contributed by atoms with Gasteiger partial charge in [0.05, 0.1) is 10.9 Å². The molecule has 0 saturated carbocycles. The molecule has 0 spiro atoms. The summed E-state index contributed by atoms with van der Waals surface area (Å²) in [5.74, 6) is 0. The Kier molecular flexibility index (Phi) is 5.33. The fourth-order valence-corrected chi connectivity index (χ4v) is 5.65. The normalized spacial score (nSPS) is 15.2. The summed E-state index contributed by atoms with van der Waals surface area (Å²) in [7, 11) is -3.37. The maximum Gasteiger partial charge on any atom is 0.433 e. The number of hydrogen-bond acceptors (Lipinski definition) is 5. The minimum Gasteiger partial charge on any atom is -0.251 e. The van der Waals surface area contributed by atoms with Gasteiger partial charge in [-0.3, -0.25) is 4.98 Å². The second kappa shape index (κ2) is 7.29. The van der Waals surface area contributed by atoms with Gasteiger partial charge in [-0.1, -0.05) is 35.9 Å². The molecule has 4 nitrogen and oxygen atoms in total. The van der Waals surface area contributed by atoms with Crippen LogP contribution in [0, 0.1) is 18.6 Å². The Balaban J connectivity index is 1.94. The molecule has 0 aliphatic rings. The molecule has 0 aliphatic heterocycles. The van der Waals surface area contributed by atoms with Gasteiger partial charge in [-0.05, 0) is 32.4 Å². The van der Waals surface area contributed by atoms with Gasteiger partial charge in [-0.15, -0.1) is 11.3 Å². The van der Waals surface area contributed by atoms with Crippen LogP contribution in [0.3, 0.4) is 0 Å². The number of rotatable bonds is 4. The van der Waals surface area contributed by atoms with Crippen molar-refractivity contribution in [1.82, 2.24) is 9.97 Å². The summed E-state index contributed by atoms with van der Waals surface area (Å²) in [5, 5.41) is -0.848. The molecular formula is C19H18F3N3OS2. The van der Waals surface area contributed by atoms with Crippen molar-refractivity contribution in [2.75, 3.05) is 0 Å². The Morgan fingerprint density at radius 1 is 1.11 bits per heavy atom. The van der Waals surface area contributed by atoms with Gasteiger partial charge in [-0.25, -0.2) is 14.0 Å². The van der Waals surface area contributed by atoms with E-state index in [-0.39, 0.29) is 4.34 Å². The Labute approximate surface area is 165 Å². The third kappa shape index (κ3) is 3.95. The van der Waals surface area contributed by atoms with Crippen LogP contribution in [0.1, 0.15) is 33.9 Å². The van der Waals surface area contributed by atoms with E-state index in [4.69, 9.17) is 4.78 Å². The van der Waals surface area contributed by atoms with Crippen LogP contribution in [0.5, 0.6) is 0 Å². The molecule has 2 heterocycles. The molecule has 0 fully saturated rings. The van der Waals surface area contributed by atoms with E-state index >= 15 is 0 Å². The van der Waals surface area contributed by atoms with E-state index < -0.39 is 26.8 Å². The highest BCUT2D eigenvalue weighted by atomic mass is 32.2. The second-order valence-electron chi connectivity index (χ2n) is 6.47. The van der Waals surface area contributed by atoms with Crippen LogP contribution in [0.2, 0.25) is 0 Å². The Hall–Kier alpha value is -2.26. The summed E-state index contributed by atoms with van der Waals surface area (Å²) in [6, 6.07) is 9.78. The zero-order valence-corrected chi connectivity index (χ0v) is 17.0. The molecule has 0 amide bonds. The first-order valence-corrected chi connectivity index (χ1v) is 10.8. The average molecular weight is 426 g/mol. The maximum absolute atomic E-state index is 13.2. The lowest BCUT2D eigenvalue weighted by Gasteiger charge is -2.14. The van der Waals surface area contributed by atoms with Gasteiger partial charge in [0, 0.05) is 16.6 Å². The number of alkyl halides is 3. The topological polar surface area (TPSA) is 66.7 Å². The van der Waals surface area contributed by atoms with Crippen LogP contribution in [-0.2, 0) is 15.9 Å². The molecule has 0 bridgehead atoms. The van der Waals surface area contributed by atoms with Crippen molar-refractivity contribution in [3.05, 3.63) is 64.3 Å². The Morgan fingerprint density at radius 3 is 2.29 bits per heavy atom. The lowest BCUT2D eigenvalue weighted by Crippen LogP contribution is -2.12. The number of pyridine rings is 1. The monoisotopic (exact) mass is 425 g/mol. The van der Waals surface area contributed by atoms with Crippen molar-refractivity contribution in [1.29, 1.82) is 4.78 Å². The van der Waals surface area contributed by atoms with Crippen LogP contribution in [-0.4, -0.2) is 14.2 Å². The molecule has 148 valence electrons. The Bertz CT molecular complexity index is 1090. The van der Waals surface area contributed by atoms with Crippen LogP contribution < -0.4 is 0 Å². The zero-order chi connectivity index (χ0) is 20.7. The summed E-state index contributed by atoms with van der Waals surface area (Å²) in [6.45, 7) is 5.36. The first kappa shape index (κ1) is 20.5. The highest BCUT2D eigenvalue weighted by Crippen LogP contribution is 2.36. The molecule has 2 atom stereocenters. The van der Waals surface area contributed by atoms with Crippen molar-refractivity contribution in [3.63, 3.8) is 0 Å². The summed E-state index contributed by atoms with van der Waals surface area (Å²) in [5.41, 5.74) is 1.91. The average Bonchev–Trinajstić information content (AvgIpc) is 3.03. The van der Waals surface area contributed by atoms with Gasteiger partial charge in [0.1, 0.15) is 15.4 Å². The van der Waals surface area contributed by atoms with Crippen LogP contribution >= 0.6 is 11.3 Å². The third-order valence-corrected chi connectivity index (χ3v) is 8.04. The van der Waals surface area contributed by atoms with Gasteiger partial charge < -0.3 is 0 Å². The highest BCUT2D eigenvalue weighted by molar-refractivity contribution is 7.94. The van der Waals surface area contributed by atoms with Gasteiger partial charge >= 0.3 is 6.18 Å². The largest absolute Gasteiger partial charge is 0.433 e. The van der Waals surface area contributed by atoms with E-state index in [9.17, 15) is 17.4 Å². The predicted octanol–water partition coefficient (Wildman–Crippen LogP) is 6.01. The lowest BCUT2D eigenvalue weighted by atomic mass is 10.1.